The van der Waals surface area contributed by atoms with Gasteiger partial charge in [0.25, 0.3) is 0 Å². The van der Waals surface area contributed by atoms with Crippen molar-refractivity contribution in [3.05, 3.63) is 16.6 Å². The maximum atomic E-state index is 12.2. The first kappa shape index (κ1) is 12.8. The number of amides is 1. The van der Waals surface area contributed by atoms with E-state index in [1.54, 1.807) is 6.20 Å². The largest absolute Gasteiger partial charge is 0.409 e. The number of carbonyl (C=O) groups excluding carboxylic acids is 1. The lowest BCUT2D eigenvalue weighted by molar-refractivity contribution is -0.131. The highest BCUT2D eigenvalue weighted by Gasteiger charge is 2.48. The van der Waals surface area contributed by atoms with Gasteiger partial charge in [0.2, 0.25) is 5.91 Å². The van der Waals surface area contributed by atoms with Gasteiger partial charge in [-0.2, -0.15) is 0 Å². The number of nitrogens with zero attached hydrogens (tertiary/aromatic N) is 2. The zero-order valence-corrected chi connectivity index (χ0v) is 10.9. The molecule has 18 heavy (non-hydrogen) atoms. The number of rotatable bonds is 4. The molecule has 0 radical (unpaired) electrons. The summed E-state index contributed by atoms with van der Waals surface area (Å²) in [5, 5.41) is 17.4. The van der Waals surface area contributed by atoms with Crippen molar-refractivity contribution in [3.63, 3.8) is 0 Å². The van der Waals surface area contributed by atoms with Gasteiger partial charge in [-0.1, -0.05) is 11.6 Å². The minimum Gasteiger partial charge on any atom is -0.409 e. The lowest BCUT2D eigenvalue weighted by Crippen LogP contribution is -2.54. The van der Waals surface area contributed by atoms with Gasteiger partial charge in [-0.25, -0.2) is 4.98 Å². The summed E-state index contributed by atoms with van der Waals surface area (Å²) in [5.41, 5.74) is 4.80. The summed E-state index contributed by atoms with van der Waals surface area (Å²) in [5.74, 6) is -0.190. The van der Waals surface area contributed by atoms with Gasteiger partial charge in [-0.05, 0) is 19.8 Å². The van der Waals surface area contributed by atoms with Gasteiger partial charge in [0.05, 0.1) is 6.04 Å². The average Bonchev–Trinajstić information content (AvgIpc) is 2.80. The number of nitrogens with two attached hydrogens (primary N) is 1. The van der Waals surface area contributed by atoms with Crippen LogP contribution in [0, 0.1) is 5.41 Å². The summed E-state index contributed by atoms with van der Waals surface area (Å²) in [7, 11) is 0. The van der Waals surface area contributed by atoms with E-state index < -0.39 is 5.41 Å². The third-order valence-corrected chi connectivity index (χ3v) is 4.37. The Labute approximate surface area is 109 Å². The van der Waals surface area contributed by atoms with Crippen molar-refractivity contribution >= 4 is 23.1 Å². The third-order valence-electron chi connectivity index (χ3n) is 3.41. The fourth-order valence-corrected chi connectivity index (χ4v) is 2.72. The first-order valence-electron chi connectivity index (χ1n) is 5.78. The molecule has 0 aliphatic heterocycles. The molecule has 1 aromatic rings. The Hall–Kier alpha value is -1.63. The number of amidine groups is 1. The summed E-state index contributed by atoms with van der Waals surface area (Å²) in [4.78, 5) is 16.4. The molecule has 0 spiro atoms. The minimum atomic E-state index is -0.833. The number of hydrogen-bond acceptors (Lipinski definition) is 5. The highest BCUT2D eigenvalue weighted by molar-refractivity contribution is 7.09. The van der Waals surface area contributed by atoms with Gasteiger partial charge in [0, 0.05) is 11.6 Å². The normalized spacial score (nSPS) is 19.9. The second-order valence-corrected chi connectivity index (χ2v) is 5.41. The lowest BCUT2D eigenvalue weighted by Gasteiger charge is -2.39. The van der Waals surface area contributed by atoms with E-state index in [1.165, 1.54) is 11.3 Å². The molecular weight excluding hydrogens is 252 g/mol. The summed E-state index contributed by atoms with van der Waals surface area (Å²) in [6.07, 6.45) is 3.86. The molecule has 0 bridgehead atoms. The molecule has 1 saturated carbocycles. The first-order chi connectivity index (χ1) is 8.60. The van der Waals surface area contributed by atoms with Crippen LogP contribution < -0.4 is 11.1 Å². The molecule has 2 rings (SSSR count). The Balaban J connectivity index is 2.07. The molecule has 7 heteroatoms. The van der Waals surface area contributed by atoms with Crippen molar-refractivity contribution in [1.29, 1.82) is 0 Å². The van der Waals surface area contributed by atoms with Crippen LogP contribution in [0.15, 0.2) is 16.7 Å². The molecule has 1 atom stereocenters. The number of carbonyl (C=O) groups is 1. The summed E-state index contributed by atoms with van der Waals surface area (Å²) < 4.78 is 0. The quantitative estimate of drug-likeness (QED) is 0.331. The minimum absolute atomic E-state index is 0.00223. The molecule has 0 aromatic carbocycles. The second-order valence-electron chi connectivity index (χ2n) is 4.49. The average molecular weight is 268 g/mol. The third kappa shape index (κ3) is 2.05. The molecule has 4 N–H and O–H groups in total. The smallest absolute Gasteiger partial charge is 0.234 e. The molecular formula is C11H16N4O2S. The number of nitrogens with one attached hydrogen (secondary N) is 1. The molecule has 1 amide bonds. The van der Waals surface area contributed by atoms with Crippen LogP contribution in [0.4, 0.5) is 0 Å². The Morgan fingerprint density at radius 3 is 2.89 bits per heavy atom. The maximum absolute atomic E-state index is 12.2. The molecule has 1 unspecified atom stereocenters. The van der Waals surface area contributed by atoms with Gasteiger partial charge >= 0.3 is 0 Å². The van der Waals surface area contributed by atoms with Gasteiger partial charge < -0.3 is 16.3 Å². The van der Waals surface area contributed by atoms with Crippen LogP contribution in [0.1, 0.15) is 37.2 Å². The fourth-order valence-electron chi connectivity index (χ4n) is 2.07. The van der Waals surface area contributed by atoms with E-state index in [1.807, 2.05) is 12.3 Å². The Bertz CT molecular complexity index is 454. The van der Waals surface area contributed by atoms with Crippen LogP contribution >= 0.6 is 11.3 Å². The highest BCUT2D eigenvalue weighted by Crippen LogP contribution is 2.41. The van der Waals surface area contributed by atoms with Crippen LogP contribution in [-0.4, -0.2) is 21.9 Å². The molecule has 6 nitrogen and oxygen atoms in total. The van der Waals surface area contributed by atoms with Crippen LogP contribution in [0.2, 0.25) is 0 Å². The van der Waals surface area contributed by atoms with Gasteiger partial charge in [-0.15, -0.1) is 11.3 Å². The zero-order valence-electron chi connectivity index (χ0n) is 10.1. The predicted molar refractivity (Wildman–Crippen MR) is 68.4 cm³/mol. The zero-order chi connectivity index (χ0) is 13.2. The topological polar surface area (TPSA) is 101 Å². The van der Waals surface area contributed by atoms with Crippen molar-refractivity contribution < 1.29 is 10.0 Å². The van der Waals surface area contributed by atoms with E-state index in [4.69, 9.17) is 10.9 Å². The van der Waals surface area contributed by atoms with Crippen molar-refractivity contribution in [2.24, 2.45) is 16.3 Å². The van der Waals surface area contributed by atoms with E-state index in [0.29, 0.717) is 12.8 Å². The summed E-state index contributed by atoms with van der Waals surface area (Å²) >= 11 is 1.49. The van der Waals surface area contributed by atoms with Crippen LogP contribution in [0.25, 0.3) is 0 Å². The Kier molecular flexibility index (Phi) is 3.51. The van der Waals surface area contributed by atoms with Crippen molar-refractivity contribution in [2.75, 3.05) is 0 Å². The van der Waals surface area contributed by atoms with E-state index in [0.717, 1.165) is 11.4 Å². The van der Waals surface area contributed by atoms with Gasteiger partial charge in [-0.3, -0.25) is 4.79 Å². The lowest BCUT2D eigenvalue weighted by atomic mass is 9.67. The van der Waals surface area contributed by atoms with E-state index in [-0.39, 0.29) is 17.8 Å². The maximum Gasteiger partial charge on any atom is 0.234 e. The van der Waals surface area contributed by atoms with E-state index in [2.05, 4.69) is 15.5 Å². The molecule has 0 saturated heterocycles. The molecule has 1 heterocycles. The molecule has 1 aliphatic carbocycles. The van der Waals surface area contributed by atoms with Crippen molar-refractivity contribution in [3.8, 4) is 0 Å². The first-order valence-corrected chi connectivity index (χ1v) is 6.66. The predicted octanol–water partition coefficient (Wildman–Crippen LogP) is 1.24. The van der Waals surface area contributed by atoms with E-state index >= 15 is 0 Å². The highest BCUT2D eigenvalue weighted by atomic mass is 32.1. The Morgan fingerprint density at radius 1 is 1.72 bits per heavy atom. The van der Waals surface area contributed by atoms with E-state index in [9.17, 15) is 4.79 Å². The Morgan fingerprint density at radius 2 is 2.44 bits per heavy atom. The van der Waals surface area contributed by atoms with Crippen LogP contribution in [-0.2, 0) is 4.79 Å². The SMILES string of the molecule is CC(NC(=O)C1(/C(N)=N/O)CCC1)c1nccs1. The molecule has 1 fully saturated rings. The van der Waals surface area contributed by atoms with Crippen LogP contribution in [0.3, 0.4) is 0 Å². The molecule has 1 aliphatic rings. The fraction of sp³-hybridized carbons (Fsp3) is 0.545. The number of thiazole rings is 1. The summed E-state index contributed by atoms with van der Waals surface area (Å²) in [6.45, 7) is 1.87. The van der Waals surface area contributed by atoms with Crippen molar-refractivity contribution in [2.45, 2.75) is 32.2 Å². The monoisotopic (exact) mass is 268 g/mol. The number of aromatic nitrogens is 1. The number of oxime groups is 1. The standard InChI is InChI=1S/C11H16N4O2S/c1-7(8-13-5-6-18-8)14-10(16)11(3-2-4-11)9(12)15-17/h5-7,17H,2-4H2,1H3,(H2,12,15)(H,14,16). The molecule has 1 aromatic heterocycles. The van der Waals surface area contributed by atoms with Gasteiger partial charge in [0.15, 0.2) is 5.84 Å². The second kappa shape index (κ2) is 4.93. The van der Waals surface area contributed by atoms with Gasteiger partial charge in [0.1, 0.15) is 10.4 Å². The summed E-state index contributed by atoms with van der Waals surface area (Å²) in [6, 6.07) is -0.165. The number of hydrogen-bond donors (Lipinski definition) is 3. The van der Waals surface area contributed by atoms with Crippen LogP contribution in [0.5, 0.6) is 0 Å². The van der Waals surface area contributed by atoms with Crippen molar-refractivity contribution in [1.82, 2.24) is 10.3 Å². The molecule has 98 valence electrons.